The van der Waals surface area contributed by atoms with E-state index in [1.54, 1.807) is 0 Å². The van der Waals surface area contributed by atoms with Gasteiger partial charge in [0.15, 0.2) is 0 Å². The second-order valence-corrected chi connectivity index (χ2v) is 7.06. The molecule has 1 atom stereocenters. The highest BCUT2D eigenvalue weighted by Crippen LogP contribution is 2.23. The van der Waals surface area contributed by atoms with E-state index in [9.17, 15) is 0 Å². The van der Waals surface area contributed by atoms with E-state index in [-0.39, 0.29) is 0 Å². The maximum atomic E-state index is 5.97. The lowest BCUT2D eigenvalue weighted by atomic mass is 10.0. The van der Waals surface area contributed by atoms with Crippen LogP contribution in [0.15, 0.2) is 6.07 Å². The number of piperidine rings is 1. The van der Waals surface area contributed by atoms with Gasteiger partial charge in [-0.2, -0.15) is 0 Å². The fraction of sp³-hybridized carbons (Fsp3) is 0.750. The molecule has 0 saturated carbocycles. The summed E-state index contributed by atoms with van der Waals surface area (Å²) in [6.45, 7) is 9.20. The Morgan fingerprint density at radius 2 is 2.30 bits per heavy atom. The molecule has 114 valence electrons. The second-order valence-electron chi connectivity index (χ2n) is 5.72. The zero-order valence-electron chi connectivity index (χ0n) is 13.1. The summed E-state index contributed by atoms with van der Waals surface area (Å²) in [5, 5.41) is 3.38. The van der Waals surface area contributed by atoms with Crippen molar-refractivity contribution in [3.8, 4) is 0 Å². The summed E-state index contributed by atoms with van der Waals surface area (Å²) in [5.41, 5.74) is 1.36. The van der Waals surface area contributed by atoms with Crippen LogP contribution in [0.2, 0.25) is 0 Å². The summed E-state index contributed by atoms with van der Waals surface area (Å²) in [5.74, 6) is 0. The van der Waals surface area contributed by atoms with Gasteiger partial charge >= 0.3 is 0 Å². The van der Waals surface area contributed by atoms with Crippen LogP contribution in [0.1, 0.15) is 41.5 Å². The van der Waals surface area contributed by atoms with Crippen LogP contribution in [0.25, 0.3) is 0 Å². The molecule has 1 N–H and O–H groups in total. The number of thiophene rings is 1. The predicted octanol–water partition coefficient (Wildman–Crippen LogP) is 3.17. The highest BCUT2D eigenvalue weighted by molar-refractivity contribution is 7.12. The third-order valence-corrected chi connectivity index (χ3v) is 5.20. The Hall–Kier alpha value is -0.420. The third-order valence-electron chi connectivity index (χ3n) is 4.11. The lowest BCUT2D eigenvalue weighted by molar-refractivity contribution is 0.0443. The molecule has 3 nitrogen and oxygen atoms in total. The van der Waals surface area contributed by atoms with Crippen LogP contribution in [0.4, 0.5) is 0 Å². The largest absolute Gasteiger partial charge is 0.375 e. The van der Waals surface area contributed by atoms with E-state index in [4.69, 9.17) is 4.74 Å². The monoisotopic (exact) mass is 296 g/mol. The van der Waals surface area contributed by atoms with Gasteiger partial charge in [-0.25, -0.2) is 0 Å². The van der Waals surface area contributed by atoms with Crippen LogP contribution in [0.5, 0.6) is 0 Å². The Morgan fingerprint density at radius 3 is 3.05 bits per heavy atom. The van der Waals surface area contributed by atoms with Crippen LogP contribution < -0.4 is 5.32 Å². The molecule has 0 amide bonds. The van der Waals surface area contributed by atoms with Crippen molar-refractivity contribution in [2.75, 3.05) is 26.7 Å². The summed E-state index contributed by atoms with van der Waals surface area (Å²) in [6, 6.07) is 2.91. The maximum absolute atomic E-state index is 5.97. The smallest absolute Gasteiger partial charge is 0.0728 e. The van der Waals surface area contributed by atoms with E-state index >= 15 is 0 Å². The highest BCUT2D eigenvalue weighted by Gasteiger charge is 2.18. The topological polar surface area (TPSA) is 24.5 Å². The SMILES string of the molecule is CCNCc1cc(COCC2CCCCN2C)c(C)s1. The van der Waals surface area contributed by atoms with Gasteiger partial charge in [0.2, 0.25) is 0 Å². The number of nitrogens with one attached hydrogen (secondary N) is 1. The summed E-state index contributed by atoms with van der Waals surface area (Å²) < 4.78 is 5.97. The minimum Gasteiger partial charge on any atom is -0.375 e. The number of ether oxygens (including phenoxy) is 1. The first-order valence-corrected chi connectivity index (χ1v) is 8.59. The Balaban J connectivity index is 1.77. The molecule has 1 aromatic rings. The molecule has 1 saturated heterocycles. The van der Waals surface area contributed by atoms with Crippen LogP contribution in [-0.2, 0) is 17.9 Å². The van der Waals surface area contributed by atoms with Gasteiger partial charge in [-0.05, 0) is 51.5 Å². The molecule has 0 aliphatic carbocycles. The van der Waals surface area contributed by atoms with Crippen LogP contribution in [0.3, 0.4) is 0 Å². The maximum Gasteiger partial charge on any atom is 0.0728 e. The van der Waals surface area contributed by atoms with Crippen molar-refractivity contribution in [3.05, 3.63) is 21.4 Å². The molecule has 1 aliphatic heterocycles. The van der Waals surface area contributed by atoms with Gasteiger partial charge in [-0.3, -0.25) is 0 Å². The van der Waals surface area contributed by atoms with Gasteiger partial charge < -0.3 is 15.0 Å². The summed E-state index contributed by atoms with van der Waals surface area (Å²) in [4.78, 5) is 5.26. The fourth-order valence-electron chi connectivity index (χ4n) is 2.73. The van der Waals surface area contributed by atoms with Crippen molar-refractivity contribution in [1.82, 2.24) is 10.2 Å². The first-order chi connectivity index (χ1) is 9.70. The number of rotatable bonds is 7. The van der Waals surface area contributed by atoms with E-state index in [1.165, 1.54) is 41.1 Å². The Kier molecular flexibility index (Phi) is 6.49. The molecular formula is C16H28N2OS. The van der Waals surface area contributed by atoms with Crippen LogP contribution >= 0.6 is 11.3 Å². The molecule has 1 aromatic heterocycles. The lowest BCUT2D eigenvalue weighted by Crippen LogP contribution is -2.39. The van der Waals surface area contributed by atoms with Gasteiger partial charge in [-0.1, -0.05) is 13.3 Å². The quantitative estimate of drug-likeness (QED) is 0.836. The van der Waals surface area contributed by atoms with E-state index in [0.29, 0.717) is 6.04 Å². The third kappa shape index (κ3) is 4.55. The molecule has 1 aliphatic rings. The molecule has 20 heavy (non-hydrogen) atoms. The normalized spacial score (nSPS) is 20.4. The average Bonchev–Trinajstić information content (AvgIpc) is 2.79. The van der Waals surface area contributed by atoms with Crippen molar-refractivity contribution >= 4 is 11.3 Å². The zero-order valence-corrected chi connectivity index (χ0v) is 13.9. The summed E-state index contributed by atoms with van der Waals surface area (Å²) in [7, 11) is 2.22. The first kappa shape index (κ1) is 16.0. The molecule has 2 heterocycles. The predicted molar refractivity (Wildman–Crippen MR) is 86.4 cm³/mol. The number of aryl methyl sites for hydroxylation is 1. The van der Waals surface area contributed by atoms with Crippen molar-refractivity contribution < 1.29 is 4.74 Å². The summed E-state index contributed by atoms with van der Waals surface area (Å²) in [6.07, 6.45) is 3.97. The number of hydrogen-bond acceptors (Lipinski definition) is 4. The van der Waals surface area contributed by atoms with Crippen molar-refractivity contribution in [1.29, 1.82) is 0 Å². The molecule has 0 aromatic carbocycles. The Bertz CT molecular complexity index is 405. The highest BCUT2D eigenvalue weighted by atomic mass is 32.1. The fourth-order valence-corrected chi connectivity index (χ4v) is 3.74. The molecule has 1 unspecified atom stereocenters. The molecule has 0 spiro atoms. The molecule has 2 rings (SSSR count). The number of likely N-dealkylation sites (N-methyl/N-ethyl adjacent to an activating group) is 1. The molecule has 4 heteroatoms. The molecular weight excluding hydrogens is 268 g/mol. The number of nitrogens with zero attached hydrogens (tertiary/aromatic N) is 1. The minimum absolute atomic E-state index is 0.615. The van der Waals surface area contributed by atoms with E-state index in [1.807, 2.05) is 11.3 Å². The van der Waals surface area contributed by atoms with Gasteiger partial charge in [-0.15, -0.1) is 11.3 Å². The van der Waals surface area contributed by atoms with Crippen LogP contribution in [0, 0.1) is 6.92 Å². The molecule has 1 fully saturated rings. The lowest BCUT2D eigenvalue weighted by Gasteiger charge is -2.32. The van der Waals surface area contributed by atoms with Crippen LogP contribution in [-0.4, -0.2) is 37.7 Å². The standard InChI is InChI=1S/C16H28N2OS/c1-4-17-10-16-9-14(13(2)20-16)11-19-12-15-7-5-6-8-18(15)3/h9,15,17H,4-8,10-12H2,1-3H3. The zero-order chi connectivity index (χ0) is 14.4. The van der Waals surface area contributed by atoms with Gasteiger partial charge in [0.1, 0.15) is 0 Å². The first-order valence-electron chi connectivity index (χ1n) is 7.77. The molecule has 0 radical (unpaired) electrons. The van der Waals surface area contributed by atoms with E-state index < -0.39 is 0 Å². The second kappa shape index (κ2) is 8.13. The Morgan fingerprint density at radius 1 is 1.45 bits per heavy atom. The van der Waals surface area contributed by atoms with Gasteiger partial charge in [0.25, 0.3) is 0 Å². The summed E-state index contributed by atoms with van der Waals surface area (Å²) >= 11 is 1.89. The average molecular weight is 296 g/mol. The Labute approximate surface area is 127 Å². The minimum atomic E-state index is 0.615. The van der Waals surface area contributed by atoms with E-state index in [0.717, 1.165) is 26.3 Å². The van der Waals surface area contributed by atoms with Gasteiger partial charge in [0.05, 0.1) is 13.2 Å². The molecule has 0 bridgehead atoms. The van der Waals surface area contributed by atoms with Crippen molar-refractivity contribution in [3.63, 3.8) is 0 Å². The van der Waals surface area contributed by atoms with Gasteiger partial charge in [0, 0.05) is 22.3 Å². The van der Waals surface area contributed by atoms with Crippen molar-refractivity contribution in [2.45, 2.75) is 52.3 Å². The van der Waals surface area contributed by atoms with Crippen molar-refractivity contribution in [2.24, 2.45) is 0 Å². The number of likely N-dealkylation sites (tertiary alicyclic amines) is 1. The van der Waals surface area contributed by atoms with E-state index in [2.05, 4.69) is 37.2 Å². The number of hydrogen-bond donors (Lipinski definition) is 1.